The number of rotatable bonds is 8. The average molecular weight is 485 g/mol. The van der Waals surface area contributed by atoms with Crippen LogP contribution in [0.5, 0.6) is 5.75 Å². The summed E-state index contributed by atoms with van der Waals surface area (Å²) in [5, 5.41) is 19.5. The van der Waals surface area contributed by atoms with E-state index in [2.05, 4.69) is 34.1 Å². The molecular weight excluding hydrogens is 447 g/mol. The van der Waals surface area contributed by atoms with Crippen LogP contribution >= 0.6 is 0 Å². The van der Waals surface area contributed by atoms with Crippen LogP contribution in [0.25, 0.3) is 0 Å². The van der Waals surface area contributed by atoms with Gasteiger partial charge in [0.15, 0.2) is 0 Å². The van der Waals surface area contributed by atoms with Crippen LogP contribution < -0.4 is 29.6 Å². The fraction of sp³-hybridized carbons (Fsp3) is 0.760. The molecule has 4 saturated carbocycles. The number of hydrogen-bond donors (Lipinski definition) is 2. The van der Waals surface area contributed by atoms with Crippen molar-refractivity contribution in [3.05, 3.63) is 29.8 Å². The fourth-order valence-corrected chi connectivity index (χ4v) is 7.25. The SMILES string of the molecule is OCCN1CCN(CC(O)COc2ccc(C34CC5CC(CC(C5)C3)C4)cc2)CC1.[Cl-].[Cl-]. The van der Waals surface area contributed by atoms with Gasteiger partial charge in [0.1, 0.15) is 18.5 Å². The molecule has 182 valence electrons. The van der Waals surface area contributed by atoms with Crippen molar-refractivity contribution < 1.29 is 39.8 Å². The minimum absolute atomic E-state index is 0. The van der Waals surface area contributed by atoms with Crippen LogP contribution in [-0.2, 0) is 5.41 Å². The van der Waals surface area contributed by atoms with Gasteiger partial charge in [-0.25, -0.2) is 0 Å². The summed E-state index contributed by atoms with van der Waals surface area (Å²) in [6.45, 7) is 5.76. The van der Waals surface area contributed by atoms with Gasteiger partial charge in [-0.05, 0) is 79.4 Å². The zero-order valence-electron chi connectivity index (χ0n) is 19.0. The van der Waals surface area contributed by atoms with Crippen LogP contribution in [0.3, 0.4) is 0 Å². The summed E-state index contributed by atoms with van der Waals surface area (Å²) < 4.78 is 5.92. The Bertz CT molecular complexity index is 674. The molecule has 2 N–H and O–H groups in total. The molecule has 0 radical (unpaired) electrons. The van der Waals surface area contributed by atoms with Crippen molar-refractivity contribution in [1.29, 1.82) is 0 Å². The number of benzene rings is 1. The molecule has 4 aliphatic carbocycles. The van der Waals surface area contributed by atoms with Crippen LogP contribution in [0, 0.1) is 17.8 Å². The van der Waals surface area contributed by atoms with Gasteiger partial charge in [-0.3, -0.25) is 9.80 Å². The Kier molecular flexibility index (Phi) is 9.15. The molecule has 1 atom stereocenters. The number of aliphatic hydroxyl groups excluding tert-OH is 2. The van der Waals surface area contributed by atoms with Crippen LogP contribution in [0.15, 0.2) is 24.3 Å². The summed E-state index contributed by atoms with van der Waals surface area (Å²) in [5.41, 5.74) is 1.96. The lowest BCUT2D eigenvalue weighted by Crippen LogP contribution is -3.00. The molecule has 1 aliphatic heterocycles. The Morgan fingerprint density at radius 1 is 0.875 bits per heavy atom. The van der Waals surface area contributed by atoms with E-state index in [1.54, 1.807) is 0 Å². The number of ether oxygens (including phenoxy) is 1. The average Bonchev–Trinajstić information content (AvgIpc) is 2.73. The van der Waals surface area contributed by atoms with Gasteiger partial charge in [-0.15, -0.1) is 0 Å². The van der Waals surface area contributed by atoms with Crippen molar-refractivity contribution in [2.75, 3.05) is 52.5 Å². The highest BCUT2D eigenvalue weighted by Gasteiger charge is 2.51. The summed E-state index contributed by atoms with van der Waals surface area (Å²) in [6, 6.07) is 8.84. The van der Waals surface area contributed by atoms with E-state index in [-0.39, 0.29) is 31.4 Å². The van der Waals surface area contributed by atoms with Crippen LogP contribution in [0.1, 0.15) is 44.1 Å². The smallest absolute Gasteiger partial charge is 0.119 e. The van der Waals surface area contributed by atoms with Gasteiger partial charge in [0, 0.05) is 39.3 Å². The minimum atomic E-state index is -0.475. The van der Waals surface area contributed by atoms with E-state index in [4.69, 9.17) is 9.84 Å². The topological polar surface area (TPSA) is 56.2 Å². The van der Waals surface area contributed by atoms with Gasteiger partial charge in [-0.2, -0.15) is 0 Å². The first-order valence-corrected chi connectivity index (χ1v) is 12.1. The Morgan fingerprint density at radius 2 is 1.41 bits per heavy atom. The normalized spacial score (nSPS) is 32.8. The second kappa shape index (κ2) is 11.2. The van der Waals surface area contributed by atoms with E-state index in [0.29, 0.717) is 18.6 Å². The van der Waals surface area contributed by atoms with Gasteiger partial charge in [0.2, 0.25) is 0 Å². The molecule has 4 bridgehead atoms. The minimum Gasteiger partial charge on any atom is -1.00 e. The zero-order chi connectivity index (χ0) is 20.6. The summed E-state index contributed by atoms with van der Waals surface area (Å²) in [4.78, 5) is 4.56. The summed E-state index contributed by atoms with van der Waals surface area (Å²) in [7, 11) is 0. The number of piperazine rings is 1. The molecule has 1 aromatic rings. The Morgan fingerprint density at radius 3 is 1.94 bits per heavy atom. The molecule has 5 fully saturated rings. The predicted molar refractivity (Wildman–Crippen MR) is 118 cm³/mol. The second-order valence-corrected chi connectivity index (χ2v) is 10.6. The van der Waals surface area contributed by atoms with Crippen molar-refractivity contribution in [2.45, 2.75) is 50.0 Å². The molecular formula is C25H38Cl2N2O3-2. The Labute approximate surface area is 205 Å². The number of β-amino-alcohol motifs (C(OH)–C–C–N with tert-alkyl or cyclic N) is 2. The van der Waals surface area contributed by atoms with Crippen molar-refractivity contribution in [3.8, 4) is 5.75 Å². The molecule has 7 heteroatoms. The van der Waals surface area contributed by atoms with E-state index >= 15 is 0 Å². The molecule has 0 amide bonds. The van der Waals surface area contributed by atoms with Gasteiger partial charge in [-0.1, -0.05) is 12.1 Å². The third-order valence-corrected chi connectivity index (χ3v) is 8.30. The molecule has 1 aromatic carbocycles. The summed E-state index contributed by atoms with van der Waals surface area (Å²) in [6.07, 6.45) is 8.15. The van der Waals surface area contributed by atoms with Crippen LogP contribution in [-0.4, -0.2) is 78.6 Å². The van der Waals surface area contributed by atoms with E-state index in [1.807, 2.05) is 0 Å². The van der Waals surface area contributed by atoms with Crippen LogP contribution in [0.2, 0.25) is 0 Å². The quantitative estimate of drug-likeness (QED) is 0.401. The first kappa shape index (κ1) is 26.1. The lowest BCUT2D eigenvalue weighted by Gasteiger charge is -2.57. The fourth-order valence-electron chi connectivity index (χ4n) is 7.25. The summed E-state index contributed by atoms with van der Waals surface area (Å²) in [5.74, 6) is 3.77. The maximum atomic E-state index is 10.4. The van der Waals surface area contributed by atoms with E-state index in [0.717, 1.165) is 56.2 Å². The van der Waals surface area contributed by atoms with Gasteiger partial charge >= 0.3 is 0 Å². The predicted octanol–water partition coefficient (Wildman–Crippen LogP) is -3.49. The molecule has 0 aromatic heterocycles. The third kappa shape index (κ3) is 5.73. The Balaban J connectivity index is 0.00000144. The van der Waals surface area contributed by atoms with E-state index < -0.39 is 6.10 Å². The highest BCUT2D eigenvalue weighted by atomic mass is 35.5. The first-order valence-electron chi connectivity index (χ1n) is 12.1. The van der Waals surface area contributed by atoms with E-state index in [9.17, 15) is 5.11 Å². The van der Waals surface area contributed by atoms with Gasteiger partial charge in [0.05, 0.1) is 6.61 Å². The van der Waals surface area contributed by atoms with Crippen LogP contribution in [0.4, 0.5) is 0 Å². The third-order valence-electron chi connectivity index (χ3n) is 8.30. The molecule has 1 heterocycles. The van der Waals surface area contributed by atoms with Crippen molar-refractivity contribution in [1.82, 2.24) is 9.80 Å². The second-order valence-electron chi connectivity index (χ2n) is 10.6. The summed E-state index contributed by atoms with van der Waals surface area (Å²) >= 11 is 0. The number of nitrogens with zero attached hydrogens (tertiary/aromatic N) is 2. The number of aliphatic hydroxyl groups is 2. The van der Waals surface area contributed by atoms with Gasteiger partial charge < -0.3 is 39.8 Å². The highest BCUT2D eigenvalue weighted by Crippen LogP contribution is 2.60. The molecule has 6 rings (SSSR count). The van der Waals surface area contributed by atoms with Crippen molar-refractivity contribution in [2.24, 2.45) is 17.8 Å². The molecule has 1 unspecified atom stereocenters. The monoisotopic (exact) mass is 484 g/mol. The molecule has 1 saturated heterocycles. The molecule has 5 nitrogen and oxygen atoms in total. The Hall–Kier alpha value is -0.560. The molecule has 5 aliphatic rings. The maximum Gasteiger partial charge on any atom is 0.119 e. The zero-order valence-corrected chi connectivity index (χ0v) is 20.5. The molecule has 32 heavy (non-hydrogen) atoms. The van der Waals surface area contributed by atoms with E-state index in [1.165, 1.54) is 44.1 Å². The number of halogens is 2. The van der Waals surface area contributed by atoms with Gasteiger partial charge in [0.25, 0.3) is 0 Å². The molecule has 0 spiro atoms. The largest absolute Gasteiger partial charge is 1.00 e. The van der Waals surface area contributed by atoms with Crippen molar-refractivity contribution in [3.63, 3.8) is 0 Å². The highest BCUT2D eigenvalue weighted by molar-refractivity contribution is 5.34. The first-order chi connectivity index (χ1) is 14.6. The number of hydrogen-bond acceptors (Lipinski definition) is 5. The lowest BCUT2D eigenvalue weighted by atomic mass is 9.48. The lowest BCUT2D eigenvalue weighted by molar-refractivity contribution is -0.00526. The van der Waals surface area contributed by atoms with Crippen molar-refractivity contribution >= 4 is 0 Å². The maximum absolute atomic E-state index is 10.4. The standard InChI is InChI=1S/C25H38N2O3.2ClH/c28-10-9-26-5-7-27(8-6-26)17-23(29)18-30-24-3-1-22(2-4-24)25-14-19-11-20(15-25)13-21(12-19)16-25;;/h1-4,19-21,23,28-29H,5-18H2;2*1H/p-2.